The van der Waals surface area contributed by atoms with E-state index < -0.39 is 0 Å². The van der Waals surface area contributed by atoms with Crippen molar-refractivity contribution in [2.75, 3.05) is 7.05 Å². The lowest BCUT2D eigenvalue weighted by Crippen LogP contribution is -2.42. The number of rotatable bonds is 6. The van der Waals surface area contributed by atoms with Crippen LogP contribution >= 0.6 is 0 Å². The van der Waals surface area contributed by atoms with Crippen LogP contribution in [-0.2, 0) is 4.79 Å². The molecule has 5 nitrogen and oxygen atoms in total. The van der Waals surface area contributed by atoms with Gasteiger partial charge in [-0.15, -0.1) is 13.2 Å². The van der Waals surface area contributed by atoms with Gasteiger partial charge in [0, 0.05) is 5.70 Å². The first-order valence-electron chi connectivity index (χ1n) is 6.97. The Morgan fingerprint density at radius 2 is 1.81 bits per heavy atom. The van der Waals surface area contributed by atoms with Crippen LogP contribution in [0.1, 0.15) is 40.5 Å². The molecule has 0 fully saturated rings. The number of hydrogen-bond acceptors (Lipinski definition) is 4. The fraction of sp³-hybridized carbons (Fsp3) is 0.562. The van der Waals surface area contributed by atoms with Crippen molar-refractivity contribution in [3.63, 3.8) is 0 Å². The smallest absolute Gasteiger partial charge is 0.234 e. The highest BCUT2D eigenvalue weighted by atomic mass is 16.1. The van der Waals surface area contributed by atoms with Gasteiger partial charge in [0.05, 0.1) is 6.04 Å². The molecule has 0 rings (SSSR count). The van der Waals surface area contributed by atoms with Crippen LogP contribution < -0.4 is 22.5 Å². The van der Waals surface area contributed by atoms with E-state index >= 15 is 0 Å². The molecule has 0 saturated heterocycles. The van der Waals surface area contributed by atoms with E-state index in [1.165, 1.54) is 6.20 Å². The highest BCUT2D eigenvalue weighted by molar-refractivity contribution is 5.79. The summed E-state index contributed by atoms with van der Waals surface area (Å²) in [6, 6.07) is -0.194. The molecule has 1 atom stereocenters. The Morgan fingerprint density at radius 1 is 1.33 bits per heavy atom. The SMILES string of the molecule is C/C(N)=C/C=C\N.C=C.CCC(C)(C)CC(NC)C(N)=O. The monoisotopic (exact) mass is 298 g/mol. The molecule has 0 radical (unpaired) electrons. The molecular weight excluding hydrogens is 264 g/mol. The number of hydrogen-bond donors (Lipinski definition) is 4. The summed E-state index contributed by atoms with van der Waals surface area (Å²) >= 11 is 0. The van der Waals surface area contributed by atoms with Crippen molar-refractivity contribution in [1.29, 1.82) is 0 Å². The molecule has 0 aliphatic carbocycles. The van der Waals surface area contributed by atoms with E-state index in [-0.39, 0.29) is 17.4 Å². The quantitative estimate of drug-likeness (QED) is 0.444. The van der Waals surface area contributed by atoms with Gasteiger partial charge >= 0.3 is 0 Å². The lowest BCUT2D eigenvalue weighted by molar-refractivity contribution is -0.120. The Hall–Kier alpha value is -1.75. The molecule has 1 unspecified atom stereocenters. The number of carbonyl (C=O) groups is 1. The zero-order chi connectivity index (χ0) is 17.5. The number of amides is 1. The highest BCUT2D eigenvalue weighted by Gasteiger charge is 2.23. The molecule has 0 aliphatic rings. The van der Waals surface area contributed by atoms with Crippen LogP contribution in [0.2, 0.25) is 0 Å². The molecule has 7 N–H and O–H groups in total. The first-order chi connectivity index (χ1) is 9.70. The summed E-state index contributed by atoms with van der Waals surface area (Å²) in [6.07, 6.45) is 6.72. The molecule has 5 heteroatoms. The van der Waals surface area contributed by atoms with E-state index in [1.807, 2.05) is 0 Å². The van der Waals surface area contributed by atoms with Gasteiger partial charge in [0.1, 0.15) is 0 Å². The van der Waals surface area contributed by atoms with E-state index in [1.54, 1.807) is 26.1 Å². The van der Waals surface area contributed by atoms with E-state index in [0.29, 0.717) is 0 Å². The average molecular weight is 298 g/mol. The third-order valence-electron chi connectivity index (χ3n) is 2.88. The Balaban J connectivity index is -0.000000307. The second kappa shape index (κ2) is 14.7. The molecule has 21 heavy (non-hydrogen) atoms. The van der Waals surface area contributed by atoms with Crippen molar-refractivity contribution in [2.24, 2.45) is 22.6 Å². The summed E-state index contributed by atoms with van der Waals surface area (Å²) in [5.74, 6) is -0.265. The van der Waals surface area contributed by atoms with Gasteiger partial charge in [0.2, 0.25) is 5.91 Å². The lowest BCUT2D eigenvalue weighted by Gasteiger charge is -2.26. The minimum atomic E-state index is -0.265. The van der Waals surface area contributed by atoms with Crippen molar-refractivity contribution in [1.82, 2.24) is 5.32 Å². The average Bonchev–Trinajstić information content (AvgIpc) is 2.45. The third kappa shape index (κ3) is 18.2. The first kappa shape index (κ1) is 24.3. The molecule has 1 amide bonds. The van der Waals surface area contributed by atoms with Crippen LogP contribution in [0.4, 0.5) is 0 Å². The summed E-state index contributed by atoms with van der Waals surface area (Å²) in [7, 11) is 1.77. The first-order valence-corrected chi connectivity index (χ1v) is 6.97. The lowest BCUT2D eigenvalue weighted by atomic mass is 9.83. The minimum Gasteiger partial charge on any atom is -0.405 e. The zero-order valence-electron chi connectivity index (χ0n) is 14.3. The topological polar surface area (TPSA) is 107 Å². The summed E-state index contributed by atoms with van der Waals surface area (Å²) in [6.45, 7) is 14.2. The van der Waals surface area contributed by atoms with Crippen molar-refractivity contribution in [3.05, 3.63) is 37.2 Å². The second-order valence-corrected chi connectivity index (χ2v) is 5.26. The Labute approximate surface area is 130 Å². The minimum absolute atomic E-state index is 0.183. The van der Waals surface area contributed by atoms with Crippen molar-refractivity contribution in [3.8, 4) is 0 Å². The molecule has 0 spiro atoms. The van der Waals surface area contributed by atoms with Gasteiger partial charge in [0.15, 0.2) is 0 Å². The van der Waals surface area contributed by atoms with E-state index in [2.05, 4.69) is 39.2 Å². The standard InChI is InChI=1S/C9H20N2O.C5H10N2.C2H4/c1-5-9(2,3)6-7(11-4)8(10)12;1-5(7)3-2-4-6;1-2/h7,11H,5-6H2,1-4H3,(H2,10,12);2-4H,6-7H2,1H3;1-2H2/b;4-2-,5-3-;. The van der Waals surface area contributed by atoms with Gasteiger partial charge in [0.25, 0.3) is 0 Å². The zero-order valence-corrected chi connectivity index (χ0v) is 14.3. The summed E-state index contributed by atoms with van der Waals surface area (Å²) < 4.78 is 0. The number of nitrogens with two attached hydrogens (primary N) is 3. The van der Waals surface area contributed by atoms with E-state index in [9.17, 15) is 4.79 Å². The van der Waals surface area contributed by atoms with Crippen molar-refractivity contribution >= 4 is 5.91 Å². The number of likely N-dealkylation sites (N-methyl/N-ethyl adjacent to an activating group) is 1. The maximum Gasteiger partial charge on any atom is 0.234 e. The van der Waals surface area contributed by atoms with Gasteiger partial charge in [-0.3, -0.25) is 4.79 Å². The fourth-order valence-corrected chi connectivity index (χ4v) is 1.25. The largest absolute Gasteiger partial charge is 0.405 e. The van der Waals surface area contributed by atoms with Gasteiger partial charge in [-0.25, -0.2) is 0 Å². The predicted molar refractivity (Wildman–Crippen MR) is 93.3 cm³/mol. The highest BCUT2D eigenvalue weighted by Crippen LogP contribution is 2.25. The van der Waals surface area contributed by atoms with Crippen LogP contribution in [0.15, 0.2) is 37.2 Å². The van der Waals surface area contributed by atoms with Crippen LogP contribution in [0.5, 0.6) is 0 Å². The summed E-state index contributed by atoms with van der Waals surface area (Å²) in [4.78, 5) is 10.9. The third-order valence-corrected chi connectivity index (χ3v) is 2.88. The molecular formula is C16H34N4O. The second-order valence-electron chi connectivity index (χ2n) is 5.26. The molecule has 0 aliphatic heterocycles. The molecule has 0 aromatic heterocycles. The van der Waals surface area contributed by atoms with Crippen molar-refractivity contribution in [2.45, 2.75) is 46.6 Å². The van der Waals surface area contributed by atoms with Crippen LogP contribution in [-0.4, -0.2) is 19.0 Å². The Morgan fingerprint density at radius 3 is 2.00 bits per heavy atom. The van der Waals surface area contributed by atoms with Crippen LogP contribution in [0.25, 0.3) is 0 Å². The fourth-order valence-electron chi connectivity index (χ4n) is 1.25. The van der Waals surface area contributed by atoms with Gasteiger partial charge in [-0.05, 0) is 44.2 Å². The normalized spacial score (nSPS) is 12.7. The maximum absolute atomic E-state index is 10.9. The van der Waals surface area contributed by atoms with E-state index in [0.717, 1.165) is 18.5 Å². The van der Waals surface area contributed by atoms with Gasteiger partial charge in [-0.1, -0.05) is 27.2 Å². The molecule has 124 valence electrons. The van der Waals surface area contributed by atoms with Gasteiger partial charge < -0.3 is 22.5 Å². The van der Waals surface area contributed by atoms with Crippen LogP contribution in [0, 0.1) is 5.41 Å². The number of carbonyl (C=O) groups excluding carboxylic acids is 1. The van der Waals surface area contributed by atoms with E-state index in [4.69, 9.17) is 17.2 Å². The predicted octanol–water partition coefficient (Wildman–Crippen LogP) is 2.01. The van der Waals surface area contributed by atoms with Gasteiger partial charge in [-0.2, -0.15) is 0 Å². The Bertz CT molecular complexity index is 318. The number of nitrogens with one attached hydrogen (secondary N) is 1. The molecule has 0 aromatic carbocycles. The maximum atomic E-state index is 10.9. The number of allylic oxidation sites excluding steroid dienone is 3. The molecule has 0 heterocycles. The molecule has 0 aromatic rings. The molecule has 0 saturated carbocycles. The number of primary amides is 1. The van der Waals surface area contributed by atoms with Crippen LogP contribution in [0.3, 0.4) is 0 Å². The summed E-state index contributed by atoms with van der Waals surface area (Å²) in [5, 5.41) is 2.92. The van der Waals surface area contributed by atoms with Crippen molar-refractivity contribution < 1.29 is 4.79 Å². The molecule has 0 bridgehead atoms. The summed E-state index contributed by atoms with van der Waals surface area (Å²) in [5.41, 5.74) is 16.4. The Kier molecular flexibility index (Phi) is 16.9.